The van der Waals surface area contributed by atoms with Crippen LogP contribution in [0.4, 0.5) is 0 Å². The largest absolute Gasteiger partial charge is 0.481 e. The lowest BCUT2D eigenvalue weighted by Gasteiger charge is -2.22. The molecule has 0 spiro atoms. The first kappa shape index (κ1) is 14.6. The maximum Gasteiger partial charge on any atom is 0.306 e. The number of nitrogens with zero attached hydrogens (tertiary/aromatic N) is 2. The average molecular weight is 291 g/mol. The van der Waals surface area contributed by atoms with Crippen LogP contribution in [0, 0.1) is 17.8 Å². The van der Waals surface area contributed by atoms with Crippen LogP contribution >= 0.6 is 0 Å². The summed E-state index contributed by atoms with van der Waals surface area (Å²) in [7, 11) is 0. The van der Waals surface area contributed by atoms with Crippen LogP contribution in [0.25, 0.3) is 0 Å². The minimum absolute atomic E-state index is 0.364. The van der Waals surface area contributed by atoms with Gasteiger partial charge in [0.25, 0.3) is 0 Å². The smallest absolute Gasteiger partial charge is 0.306 e. The average Bonchev–Trinajstić information content (AvgIpc) is 3.18. The highest BCUT2D eigenvalue weighted by molar-refractivity contribution is 5.70. The molecular formula is C16H25N3O2. The molecule has 1 aromatic heterocycles. The van der Waals surface area contributed by atoms with Gasteiger partial charge in [0.2, 0.25) is 0 Å². The molecule has 0 radical (unpaired) electrons. The summed E-state index contributed by atoms with van der Waals surface area (Å²) in [6, 6.07) is 0.595. The van der Waals surface area contributed by atoms with E-state index in [0.717, 1.165) is 24.0 Å². The van der Waals surface area contributed by atoms with Gasteiger partial charge in [0.15, 0.2) is 0 Å². The monoisotopic (exact) mass is 291 g/mol. The molecule has 1 unspecified atom stereocenters. The van der Waals surface area contributed by atoms with Crippen LogP contribution in [0.2, 0.25) is 0 Å². The quantitative estimate of drug-likeness (QED) is 0.807. The number of hydrogen-bond donors (Lipinski definition) is 2. The molecule has 3 rings (SSSR count). The van der Waals surface area contributed by atoms with Crippen molar-refractivity contribution in [1.82, 2.24) is 9.55 Å². The number of carboxylic acids is 1. The molecule has 21 heavy (non-hydrogen) atoms. The molecule has 0 amide bonds. The standard InChI is InChI=1S/C16H25N3O2/c17-5-1-2-13(16(20)21)8-14-9-19(10-18-14)15-7-11-3-4-12(15)6-11/h9-13,15H,1-8,17H2,(H,20,21)/t11-,12+,13?,15-/m1/s1. The SMILES string of the molecule is NCCCC(Cc1cn([C@@H]2C[C@@H]3CC[C@H]2C3)cn1)C(=O)O. The number of carbonyl (C=O) groups is 1. The number of fused-ring (bicyclic) bond motifs is 2. The van der Waals surface area contributed by atoms with Gasteiger partial charge in [0, 0.05) is 18.7 Å². The van der Waals surface area contributed by atoms with Crippen molar-refractivity contribution in [3.63, 3.8) is 0 Å². The lowest BCUT2D eigenvalue weighted by molar-refractivity contribution is -0.142. The van der Waals surface area contributed by atoms with Crippen LogP contribution in [-0.2, 0) is 11.2 Å². The van der Waals surface area contributed by atoms with E-state index >= 15 is 0 Å². The Balaban J connectivity index is 1.63. The van der Waals surface area contributed by atoms with E-state index in [1.165, 1.54) is 25.7 Å². The molecule has 1 heterocycles. The van der Waals surface area contributed by atoms with E-state index in [0.29, 0.717) is 25.4 Å². The van der Waals surface area contributed by atoms with Gasteiger partial charge in [-0.15, -0.1) is 0 Å². The van der Waals surface area contributed by atoms with Gasteiger partial charge in [-0.3, -0.25) is 4.79 Å². The van der Waals surface area contributed by atoms with Crippen molar-refractivity contribution in [1.29, 1.82) is 0 Å². The van der Waals surface area contributed by atoms with Crippen LogP contribution in [0.15, 0.2) is 12.5 Å². The van der Waals surface area contributed by atoms with Crippen molar-refractivity contribution in [2.24, 2.45) is 23.5 Å². The summed E-state index contributed by atoms with van der Waals surface area (Å²) in [6.07, 6.45) is 11.3. The minimum atomic E-state index is -0.738. The summed E-state index contributed by atoms with van der Waals surface area (Å²) < 4.78 is 2.24. The normalized spacial score (nSPS) is 28.9. The van der Waals surface area contributed by atoms with Gasteiger partial charge in [-0.25, -0.2) is 4.98 Å². The molecule has 0 aliphatic heterocycles. The second kappa shape index (κ2) is 6.18. The highest BCUT2D eigenvalue weighted by Gasteiger charge is 2.40. The first-order valence-corrected chi connectivity index (χ1v) is 8.12. The predicted octanol–water partition coefficient (Wildman–Crippen LogP) is 2.23. The van der Waals surface area contributed by atoms with Gasteiger partial charge in [0.1, 0.15) is 0 Å². The Kier molecular flexibility index (Phi) is 4.29. The van der Waals surface area contributed by atoms with Crippen molar-refractivity contribution in [2.75, 3.05) is 6.54 Å². The van der Waals surface area contributed by atoms with Gasteiger partial charge in [0.05, 0.1) is 17.9 Å². The Morgan fingerprint density at radius 3 is 2.95 bits per heavy atom. The number of nitrogens with two attached hydrogens (primary N) is 1. The molecule has 0 aromatic carbocycles. The molecule has 1 aromatic rings. The maximum absolute atomic E-state index is 11.3. The summed E-state index contributed by atoms with van der Waals surface area (Å²) >= 11 is 0. The molecule has 2 fully saturated rings. The van der Waals surface area contributed by atoms with Crippen LogP contribution in [0.3, 0.4) is 0 Å². The second-order valence-electron chi connectivity index (χ2n) is 6.72. The number of hydrogen-bond acceptors (Lipinski definition) is 3. The molecule has 2 aliphatic rings. The summed E-state index contributed by atoms with van der Waals surface area (Å²) in [5, 5.41) is 9.29. The molecule has 4 atom stereocenters. The number of rotatable bonds is 7. The highest BCUT2D eigenvalue weighted by atomic mass is 16.4. The van der Waals surface area contributed by atoms with Crippen molar-refractivity contribution < 1.29 is 9.90 Å². The molecule has 2 saturated carbocycles. The summed E-state index contributed by atoms with van der Waals surface area (Å²) in [5.74, 6) is 0.613. The van der Waals surface area contributed by atoms with Gasteiger partial charge in [-0.05, 0) is 50.5 Å². The van der Waals surface area contributed by atoms with Crippen LogP contribution in [0.1, 0.15) is 50.3 Å². The number of carboxylic acid groups (broad SMARTS) is 1. The molecule has 0 saturated heterocycles. The van der Waals surface area contributed by atoms with E-state index in [2.05, 4.69) is 15.7 Å². The van der Waals surface area contributed by atoms with E-state index in [1.54, 1.807) is 0 Å². The molecule has 5 heteroatoms. The molecule has 3 N–H and O–H groups in total. The fourth-order valence-electron chi connectivity index (χ4n) is 4.17. The van der Waals surface area contributed by atoms with E-state index in [4.69, 9.17) is 5.73 Å². The van der Waals surface area contributed by atoms with Crippen molar-refractivity contribution in [3.8, 4) is 0 Å². The fourth-order valence-corrected chi connectivity index (χ4v) is 4.17. The zero-order chi connectivity index (χ0) is 14.8. The summed E-state index contributed by atoms with van der Waals surface area (Å²) in [6.45, 7) is 0.545. The molecule has 2 bridgehead atoms. The molecule has 2 aliphatic carbocycles. The first-order chi connectivity index (χ1) is 10.2. The lowest BCUT2D eigenvalue weighted by atomic mass is 9.95. The Labute approximate surface area is 125 Å². The fraction of sp³-hybridized carbons (Fsp3) is 0.750. The predicted molar refractivity (Wildman–Crippen MR) is 79.8 cm³/mol. The van der Waals surface area contributed by atoms with Gasteiger partial charge in [-0.2, -0.15) is 0 Å². The summed E-state index contributed by atoms with van der Waals surface area (Å²) in [5.41, 5.74) is 6.38. The van der Waals surface area contributed by atoms with E-state index in [-0.39, 0.29) is 5.92 Å². The van der Waals surface area contributed by atoms with Gasteiger partial charge < -0.3 is 15.4 Å². The van der Waals surface area contributed by atoms with Gasteiger partial charge in [-0.1, -0.05) is 6.42 Å². The van der Waals surface area contributed by atoms with Gasteiger partial charge >= 0.3 is 5.97 Å². The van der Waals surface area contributed by atoms with Crippen LogP contribution < -0.4 is 5.73 Å². The lowest BCUT2D eigenvalue weighted by Crippen LogP contribution is -2.18. The Morgan fingerprint density at radius 1 is 1.48 bits per heavy atom. The zero-order valence-corrected chi connectivity index (χ0v) is 12.4. The Bertz CT molecular complexity index is 499. The molecule has 5 nitrogen and oxygen atoms in total. The number of imidazole rings is 1. The summed E-state index contributed by atoms with van der Waals surface area (Å²) in [4.78, 5) is 15.7. The zero-order valence-electron chi connectivity index (χ0n) is 12.4. The Morgan fingerprint density at radius 2 is 2.33 bits per heavy atom. The molecular weight excluding hydrogens is 266 g/mol. The Hall–Kier alpha value is -1.36. The van der Waals surface area contributed by atoms with Crippen molar-refractivity contribution in [3.05, 3.63) is 18.2 Å². The van der Waals surface area contributed by atoms with Crippen molar-refractivity contribution >= 4 is 5.97 Å². The number of aliphatic carboxylic acids is 1. The van der Waals surface area contributed by atoms with Crippen LogP contribution in [0.5, 0.6) is 0 Å². The van der Waals surface area contributed by atoms with Crippen molar-refractivity contribution in [2.45, 2.75) is 51.0 Å². The highest BCUT2D eigenvalue weighted by Crippen LogP contribution is 2.50. The maximum atomic E-state index is 11.3. The van der Waals surface area contributed by atoms with E-state index in [1.807, 2.05) is 6.33 Å². The van der Waals surface area contributed by atoms with Crippen LogP contribution in [-0.4, -0.2) is 27.2 Å². The first-order valence-electron chi connectivity index (χ1n) is 8.12. The third-order valence-electron chi connectivity index (χ3n) is 5.30. The third-order valence-corrected chi connectivity index (χ3v) is 5.30. The topological polar surface area (TPSA) is 81.1 Å². The molecule has 116 valence electrons. The minimum Gasteiger partial charge on any atom is -0.481 e. The van der Waals surface area contributed by atoms with E-state index < -0.39 is 5.97 Å². The second-order valence-corrected chi connectivity index (χ2v) is 6.72. The number of aromatic nitrogens is 2. The van der Waals surface area contributed by atoms with E-state index in [9.17, 15) is 9.90 Å². The third kappa shape index (κ3) is 3.12.